The Morgan fingerprint density at radius 1 is 0.973 bits per heavy atom. The highest BCUT2D eigenvalue weighted by Crippen LogP contribution is 2.49. The normalized spacial score (nSPS) is 31.4. The van der Waals surface area contributed by atoms with E-state index >= 15 is 0 Å². The summed E-state index contributed by atoms with van der Waals surface area (Å²) in [5.74, 6) is 0.0138. The summed E-state index contributed by atoms with van der Waals surface area (Å²) in [4.78, 5) is 41.8. The molecule has 4 heterocycles. The topological polar surface area (TPSA) is 79.0 Å². The molecule has 7 nitrogen and oxygen atoms in total. The molecule has 2 saturated carbocycles. The smallest absolute Gasteiger partial charge is 0.255 e. The minimum Gasteiger partial charge on any atom is -0.489 e. The van der Waals surface area contributed by atoms with Gasteiger partial charge in [0, 0.05) is 43.1 Å². The molecule has 8 heteroatoms. The van der Waals surface area contributed by atoms with E-state index in [9.17, 15) is 18.8 Å². The predicted octanol–water partition coefficient (Wildman–Crippen LogP) is 3.38. The first-order chi connectivity index (χ1) is 17.9. The molecule has 0 spiro atoms. The first-order valence-electron chi connectivity index (χ1n) is 13.4. The van der Waals surface area contributed by atoms with Crippen LogP contribution >= 0.6 is 0 Å². The number of benzene rings is 2. The second-order valence-electron chi connectivity index (χ2n) is 11.4. The highest BCUT2D eigenvalue weighted by Gasteiger charge is 2.63. The number of rotatable bonds is 5. The number of hydrogen-bond donors (Lipinski definition) is 1. The van der Waals surface area contributed by atoms with Gasteiger partial charge in [0.15, 0.2) is 0 Å². The van der Waals surface area contributed by atoms with Gasteiger partial charge in [0.2, 0.25) is 5.91 Å². The second-order valence-corrected chi connectivity index (χ2v) is 11.4. The fraction of sp³-hybridized carbons (Fsp3) is 0.483. The highest BCUT2D eigenvalue weighted by atomic mass is 19.1. The summed E-state index contributed by atoms with van der Waals surface area (Å²) >= 11 is 0. The SMILES string of the molecule is O=C1NC(=O)C2(N3Cc4cc(O[C@H]5CCCC[C@@H]5N5CC(c6cccc(F)c6)C5)ccc4C3=O)CC1C2. The number of ether oxygens (including phenoxy) is 1. The van der Waals surface area contributed by atoms with Crippen LogP contribution in [0.1, 0.15) is 65.9 Å². The molecule has 2 aromatic rings. The second kappa shape index (κ2) is 8.38. The van der Waals surface area contributed by atoms with Crippen LogP contribution in [-0.2, 0) is 16.1 Å². The van der Waals surface area contributed by atoms with Crippen molar-refractivity contribution in [2.75, 3.05) is 13.1 Å². The Kier molecular flexibility index (Phi) is 5.19. The third kappa shape index (κ3) is 3.60. The summed E-state index contributed by atoms with van der Waals surface area (Å²) in [5.41, 5.74) is 1.63. The van der Waals surface area contributed by atoms with Gasteiger partial charge in [-0.2, -0.15) is 0 Å². The zero-order valence-electron chi connectivity index (χ0n) is 20.6. The fourth-order valence-electron chi connectivity index (χ4n) is 7.08. The van der Waals surface area contributed by atoms with Crippen LogP contribution in [0.25, 0.3) is 0 Å². The molecule has 0 radical (unpaired) electrons. The first-order valence-corrected chi connectivity index (χ1v) is 13.4. The van der Waals surface area contributed by atoms with E-state index in [1.807, 2.05) is 24.3 Å². The van der Waals surface area contributed by atoms with Gasteiger partial charge < -0.3 is 9.64 Å². The van der Waals surface area contributed by atoms with Crippen molar-refractivity contribution in [1.29, 1.82) is 0 Å². The largest absolute Gasteiger partial charge is 0.489 e. The van der Waals surface area contributed by atoms with Crippen LogP contribution in [-0.4, -0.2) is 58.3 Å². The maximum absolute atomic E-state index is 13.7. The van der Waals surface area contributed by atoms with E-state index in [0.29, 0.717) is 36.9 Å². The number of imide groups is 1. The van der Waals surface area contributed by atoms with Crippen LogP contribution in [0, 0.1) is 11.7 Å². The lowest BCUT2D eigenvalue weighted by molar-refractivity contribution is -0.160. The molecule has 3 amide bonds. The molecule has 3 saturated heterocycles. The molecule has 5 fully saturated rings. The number of carbonyl (C=O) groups excluding carboxylic acids is 3. The standard InChI is InChI=1S/C29H30FN3O4/c30-21-5-3-4-17(10-21)20-14-32(15-20)24-6-1-2-7-25(24)37-22-8-9-23-18(11-22)16-33(27(23)35)29-12-19(13-29)26(34)31-28(29)36/h3-5,8-11,19-20,24-25H,1-2,6-7,12-16H2,(H,31,34,36)/t19?,24-,25-,29?/m0/s1. The third-order valence-electron chi connectivity index (χ3n) is 9.25. The monoisotopic (exact) mass is 503 g/mol. The molecule has 1 N–H and O–H groups in total. The lowest BCUT2D eigenvalue weighted by atomic mass is 9.63. The van der Waals surface area contributed by atoms with Crippen molar-refractivity contribution in [3.63, 3.8) is 0 Å². The van der Waals surface area contributed by atoms with Crippen molar-refractivity contribution in [2.24, 2.45) is 5.92 Å². The molecular formula is C29H30FN3O4. The van der Waals surface area contributed by atoms with E-state index < -0.39 is 5.54 Å². The number of fused-ring (bicyclic) bond motifs is 3. The number of piperidine rings is 2. The van der Waals surface area contributed by atoms with E-state index in [0.717, 1.165) is 49.2 Å². The van der Waals surface area contributed by atoms with Gasteiger partial charge in [-0.25, -0.2) is 4.39 Å². The Morgan fingerprint density at radius 3 is 2.57 bits per heavy atom. The minimum atomic E-state index is -0.903. The Hall–Kier alpha value is -3.26. The van der Waals surface area contributed by atoms with E-state index in [2.05, 4.69) is 10.2 Å². The maximum atomic E-state index is 13.7. The predicted molar refractivity (Wildman–Crippen MR) is 132 cm³/mol. The van der Waals surface area contributed by atoms with Crippen molar-refractivity contribution in [1.82, 2.24) is 15.1 Å². The number of halogens is 1. The molecule has 6 aliphatic rings. The fourth-order valence-corrected chi connectivity index (χ4v) is 7.08. The van der Waals surface area contributed by atoms with Gasteiger partial charge in [0.05, 0.1) is 0 Å². The third-order valence-corrected chi connectivity index (χ3v) is 9.25. The van der Waals surface area contributed by atoms with E-state index in [4.69, 9.17) is 4.74 Å². The van der Waals surface area contributed by atoms with Gasteiger partial charge in [-0.3, -0.25) is 24.6 Å². The van der Waals surface area contributed by atoms with E-state index in [1.165, 1.54) is 12.5 Å². The van der Waals surface area contributed by atoms with Crippen LogP contribution in [0.3, 0.4) is 0 Å². The van der Waals surface area contributed by atoms with Gasteiger partial charge in [-0.05, 0) is 73.6 Å². The molecule has 4 aliphatic heterocycles. The number of amides is 3. The van der Waals surface area contributed by atoms with Crippen LogP contribution in [0.15, 0.2) is 42.5 Å². The molecule has 2 aliphatic carbocycles. The van der Waals surface area contributed by atoms with Crippen LogP contribution in [0.2, 0.25) is 0 Å². The van der Waals surface area contributed by atoms with Crippen molar-refractivity contribution in [2.45, 2.75) is 68.7 Å². The molecule has 2 aromatic carbocycles. The number of likely N-dealkylation sites (tertiary alicyclic amines) is 1. The molecule has 37 heavy (non-hydrogen) atoms. The van der Waals surface area contributed by atoms with Gasteiger partial charge in [0.1, 0.15) is 23.2 Å². The average Bonchev–Trinajstić information content (AvgIpc) is 3.14. The summed E-state index contributed by atoms with van der Waals surface area (Å²) in [5, 5.41) is 2.43. The summed E-state index contributed by atoms with van der Waals surface area (Å²) in [6.07, 6.45) is 5.24. The van der Waals surface area contributed by atoms with Crippen molar-refractivity contribution in [3.8, 4) is 5.75 Å². The molecule has 0 aromatic heterocycles. The zero-order chi connectivity index (χ0) is 25.3. The molecular weight excluding hydrogens is 473 g/mol. The Bertz CT molecular complexity index is 1300. The minimum absolute atomic E-state index is 0.0644. The van der Waals surface area contributed by atoms with Gasteiger partial charge in [-0.15, -0.1) is 0 Å². The van der Waals surface area contributed by atoms with Crippen LogP contribution in [0.4, 0.5) is 4.39 Å². The van der Waals surface area contributed by atoms with Crippen molar-refractivity contribution < 1.29 is 23.5 Å². The molecule has 0 unspecified atom stereocenters. The Labute approximate surface area is 214 Å². The highest BCUT2D eigenvalue weighted by molar-refractivity contribution is 6.10. The zero-order valence-corrected chi connectivity index (χ0v) is 20.6. The molecule has 2 atom stereocenters. The Balaban J connectivity index is 1.04. The summed E-state index contributed by atoms with van der Waals surface area (Å²) in [6, 6.07) is 12.9. The summed E-state index contributed by atoms with van der Waals surface area (Å²) in [7, 11) is 0. The summed E-state index contributed by atoms with van der Waals surface area (Å²) < 4.78 is 20.2. The first kappa shape index (κ1) is 22.9. The lowest BCUT2D eigenvalue weighted by Gasteiger charge is -2.53. The quantitative estimate of drug-likeness (QED) is 0.633. The number of nitrogens with zero attached hydrogens (tertiary/aromatic N) is 2. The molecule has 8 rings (SSSR count). The molecule has 2 bridgehead atoms. The van der Waals surface area contributed by atoms with Crippen LogP contribution in [0.5, 0.6) is 5.75 Å². The number of carbonyl (C=O) groups is 3. The van der Waals surface area contributed by atoms with E-state index in [-0.39, 0.29) is 35.6 Å². The van der Waals surface area contributed by atoms with Crippen molar-refractivity contribution >= 4 is 17.7 Å². The van der Waals surface area contributed by atoms with Crippen LogP contribution < -0.4 is 10.1 Å². The Morgan fingerprint density at radius 2 is 1.78 bits per heavy atom. The van der Waals surface area contributed by atoms with Crippen molar-refractivity contribution in [3.05, 3.63) is 65.0 Å². The van der Waals surface area contributed by atoms with Gasteiger partial charge >= 0.3 is 0 Å². The summed E-state index contributed by atoms with van der Waals surface area (Å²) in [6.45, 7) is 2.18. The lowest BCUT2D eigenvalue weighted by Crippen LogP contribution is -2.73. The average molecular weight is 504 g/mol. The van der Waals surface area contributed by atoms with Gasteiger partial charge in [0.25, 0.3) is 11.8 Å². The number of hydrogen-bond acceptors (Lipinski definition) is 5. The van der Waals surface area contributed by atoms with E-state index in [1.54, 1.807) is 17.0 Å². The van der Waals surface area contributed by atoms with Gasteiger partial charge in [-0.1, -0.05) is 18.6 Å². The molecule has 192 valence electrons. The maximum Gasteiger partial charge on any atom is 0.255 e. The number of nitrogens with one attached hydrogen (secondary N) is 1.